The molecule has 2 aromatic heterocycles. The highest BCUT2D eigenvalue weighted by molar-refractivity contribution is 7.10. The van der Waals surface area contributed by atoms with E-state index in [9.17, 15) is 9.59 Å². The van der Waals surface area contributed by atoms with Crippen LogP contribution in [0.25, 0.3) is 22.6 Å². The highest BCUT2D eigenvalue weighted by Crippen LogP contribution is 2.36. The van der Waals surface area contributed by atoms with Crippen LogP contribution in [0.4, 0.5) is 0 Å². The Morgan fingerprint density at radius 3 is 2.79 bits per heavy atom. The zero-order valence-corrected chi connectivity index (χ0v) is 20.3. The largest absolute Gasteiger partial charge is 0.452 e. The number of hydrogen-bond donors (Lipinski definition) is 1. The summed E-state index contributed by atoms with van der Waals surface area (Å²) < 4.78 is 5.59. The van der Waals surface area contributed by atoms with Crippen molar-refractivity contribution in [2.75, 3.05) is 6.61 Å². The van der Waals surface area contributed by atoms with Crippen molar-refractivity contribution in [2.45, 2.75) is 57.9 Å². The lowest BCUT2D eigenvalue weighted by atomic mass is 9.86. The van der Waals surface area contributed by atoms with Crippen molar-refractivity contribution in [3.8, 4) is 0 Å². The summed E-state index contributed by atoms with van der Waals surface area (Å²) in [6.45, 7) is 1.91. The molecule has 0 spiro atoms. The lowest BCUT2D eigenvalue weighted by Gasteiger charge is -2.29. The summed E-state index contributed by atoms with van der Waals surface area (Å²) in [6.07, 6.45) is 9.28. The number of carbonyl (C=O) groups excluding carboxylic acids is 2. The van der Waals surface area contributed by atoms with E-state index in [1.807, 2.05) is 30.3 Å². The molecule has 176 valence electrons. The van der Waals surface area contributed by atoms with Gasteiger partial charge in [0.25, 0.3) is 5.91 Å². The van der Waals surface area contributed by atoms with Gasteiger partial charge in [-0.2, -0.15) is 0 Å². The van der Waals surface area contributed by atoms with Gasteiger partial charge >= 0.3 is 5.97 Å². The molecule has 2 atom stereocenters. The van der Waals surface area contributed by atoms with Gasteiger partial charge in [-0.3, -0.25) is 4.79 Å². The number of amides is 1. The molecule has 1 aromatic carbocycles. The maximum Gasteiger partial charge on any atom is 0.339 e. The molecule has 5 nitrogen and oxygen atoms in total. The van der Waals surface area contributed by atoms with Crippen LogP contribution in [0.15, 0.2) is 41.8 Å². The molecule has 6 heteroatoms. The Morgan fingerprint density at radius 2 is 1.97 bits per heavy atom. The average Bonchev–Trinajstić information content (AvgIpc) is 3.36. The minimum Gasteiger partial charge on any atom is -0.452 e. The molecular formula is C28H30N2O3S. The van der Waals surface area contributed by atoms with Crippen LogP contribution < -0.4 is 5.32 Å². The molecule has 0 aliphatic heterocycles. The maximum absolute atomic E-state index is 13.4. The molecule has 0 saturated heterocycles. The van der Waals surface area contributed by atoms with Gasteiger partial charge < -0.3 is 10.1 Å². The fourth-order valence-electron chi connectivity index (χ4n) is 5.24. The Morgan fingerprint density at radius 1 is 1.12 bits per heavy atom. The lowest BCUT2D eigenvalue weighted by molar-refractivity contribution is -0.125. The number of fused-ring (bicyclic) bond motifs is 2. The van der Waals surface area contributed by atoms with Crippen molar-refractivity contribution in [1.82, 2.24) is 10.3 Å². The van der Waals surface area contributed by atoms with E-state index in [-0.39, 0.29) is 18.6 Å². The van der Waals surface area contributed by atoms with Gasteiger partial charge in [0.1, 0.15) is 0 Å². The third kappa shape index (κ3) is 4.78. The normalized spacial score (nSPS) is 21.3. The van der Waals surface area contributed by atoms with Gasteiger partial charge in [0.2, 0.25) is 0 Å². The van der Waals surface area contributed by atoms with Crippen molar-refractivity contribution < 1.29 is 14.3 Å². The number of pyridine rings is 1. The summed E-state index contributed by atoms with van der Waals surface area (Å²) in [5.74, 6) is -0.213. The van der Waals surface area contributed by atoms with Gasteiger partial charge in [-0.05, 0) is 72.7 Å². The Balaban J connectivity index is 1.42. The Bertz CT molecular complexity index is 1230. The van der Waals surface area contributed by atoms with E-state index in [0.717, 1.165) is 66.3 Å². The molecule has 1 N–H and O–H groups in total. The molecule has 5 rings (SSSR count). The smallest absolute Gasteiger partial charge is 0.339 e. The van der Waals surface area contributed by atoms with E-state index in [2.05, 4.69) is 29.8 Å². The first-order valence-corrected chi connectivity index (χ1v) is 13.1. The van der Waals surface area contributed by atoms with E-state index in [1.54, 1.807) is 11.3 Å². The third-order valence-electron chi connectivity index (χ3n) is 7.03. The summed E-state index contributed by atoms with van der Waals surface area (Å²) >= 11 is 1.69. The van der Waals surface area contributed by atoms with Gasteiger partial charge in [0.05, 0.1) is 16.8 Å². The summed E-state index contributed by atoms with van der Waals surface area (Å²) in [5.41, 5.74) is 4.28. The third-order valence-corrected chi connectivity index (χ3v) is 7.85. The quantitative estimate of drug-likeness (QED) is 0.459. The van der Waals surface area contributed by atoms with Crippen LogP contribution in [0.5, 0.6) is 0 Å². The number of allylic oxidation sites excluding steroid dienone is 1. The van der Waals surface area contributed by atoms with Crippen molar-refractivity contribution in [1.29, 1.82) is 0 Å². The predicted octanol–water partition coefficient (Wildman–Crippen LogP) is 6.02. The second kappa shape index (κ2) is 10.1. The number of carbonyl (C=O) groups is 2. The monoisotopic (exact) mass is 474 g/mol. The number of nitrogens with one attached hydrogen (secondary N) is 1. The fourth-order valence-corrected chi connectivity index (χ4v) is 5.92. The molecule has 2 aliphatic carbocycles. The zero-order valence-electron chi connectivity index (χ0n) is 19.5. The van der Waals surface area contributed by atoms with Gasteiger partial charge in [0.15, 0.2) is 6.61 Å². The number of para-hydroxylation sites is 1. The number of ether oxygens (including phenoxy) is 1. The molecule has 1 fully saturated rings. The second-order valence-electron chi connectivity index (χ2n) is 9.38. The van der Waals surface area contributed by atoms with Crippen LogP contribution in [-0.2, 0) is 16.0 Å². The number of hydrogen-bond acceptors (Lipinski definition) is 5. The first-order valence-electron chi connectivity index (χ1n) is 12.2. The van der Waals surface area contributed by atoms with Crippen LogP contribution in [0.2, 0.25) is 0 Å². The predicted molar refractivity (Wildman–Crippen MR) is 137 cm³/mol. The number of esters is 1. The van der Waals surface area contributed by atoms with Crippen LogP contribution in [-0.4, -0.2) is 29.5 Å². The molecule has 1 amide bonds. The molecule has 2 heterocycles. The van der Waals surface area contributed by atoms with Crippen molar-refractivity contribution in [2.24, 2.45) is 5.92 Å². The standard InChI is InChI=1S/C28H30N2O3S/c1-18-8-2-4-13-23(18)29-25(31)17-33-28(32)26-21-11-3-5-14-24(21)30-27-19(9-6-12-22(26)27)16-20-10-7-15-34-20/h3,5,7,10-11,14-16,18,23H,2,4,6,8-9,12-13,17H2,1H3,(H,29,31). The summed E-state index contributed by atoms with van der Waals surface area (Å²) in [7, 11) is 0. The van der Waals surface area contributed by atoms with Crippen LogP contribution in [0, 0.1) is 5.92 Å². The van der Waals surface area contributed by atoms with Crippen LogP contribution in [0.1, 0.15) is 71.9 Å². The second-order valence-corrected chi connectivity index (χ2v) is 10.4. The average molecular weight is 475 g/mol. The highest BCUT2D eigenvalue weighted by Gasteiger charge is 2.27. The van der Waals surface area contributed by atoms with Crippen LogP contribution >= 0.6 is 11.3 Å². The minimum absolute atomic E-state index is 0.166. The Hall–Kier alpha value is -2.99. The van der Waals surface area contributed by atoms with E-state index < -0.39 is 5.97 Å². The van der Waals surface area contributed by atoms with Gasteiger partial charge in [-0.1, -0.05) is 44.0 Å². The first kappa shape index (κ1) is 22.8. The van der Waals surface area contributed by atoms with Crippen molar-refractivity contribution in [3.05, 3.63) is 63.5 Å². The fraction of sp³-hybridized carbons (Fsp3) is 0.393. The zero-order chi connectivity index (χ0) is 23.5. The molecule has 2 unspecified atom stereocenters. The molecule has 2 aliphatic rings. The van der Waals surface area contributed by atoms with Gasteiger partial charge in [-0.15, -0.1) is 11.3 Å². The lowest BCUT2D eigenvalue weighted by Crippen LogP contribution is -2.42. The van der Waals surface area contributed by atoms with Crippen molar-refractivity contribution in [3.63, 3.8) is 0 Å². The molecular weight excluding hydrogens is 444 g/mol. The molecule has 0 bridgehead atoms. The topological polar surface area (TPSA) is 68.3 Å². The summed E-state index contributed by atoms with van der Waals surface area (Å²) in [4.78, 5) is 32.1. The Labute approximate surface area is 204 Å². The number of rotatable bonds is 5. The summed E-state index contributed by atoms with van der Waals surface area (Å²) in [6, 6.07) is 12.0. The number of nitrogens with zero attached hydrogens (tertiary/aromatic N) is 1. The number of thiophene rings is 1. The number of aromatic nitrogens is 1. The first-order chi connectivity index (χ1) is 16.6. The minimum atomic E-state index is -0.445. The van der Waals surface area contributed by atoms with Gasteiger partial charge in [0, 0.05) is 16.3 Å². The summed E-state index contributed by atoms with van der Waals surface area (Å²) in [5, 5.41) is 5.91. The van der Waals surface area contributed by atoms with Gasteiger partial charge in [-0.25, -0.2) is 9.78 Å². The highest BCUT2D eigenvalue weighted by atomic mass is 32.1. The molecule has 1 saturated carbocycles. The van der Waals surface area contributed by atoms with Crippen LogP contribution in [0.3, 0.4) is 0 Å². The molecule has 34 heavy (non-hydrogen) atoms. The van der Waals surface area contributed by atoms with E-state index >= 15 is 0 Å². The van der Waals surface area contributed by atoms with E-state index in [0.29, 0.717) is 11.5 Å². The SMILES string of the molecule is CC1CCCCC1NC(=O)COC(=O)c1c2c(nc3ccccc13)C(=Cc1cccs1)CCC2. The number of benzene rings is 1. The van der Waals surface area contributed by atoms with E-state index in [4.69, 9.17) is 9.72 Å². The molecule has 0 radical (unpaired) electrons. The van der Waals surface area contributed by atoms with Crippen molar-refractivity contribution >= 4 is 45.8 Å². The Kier molecular flexibility index (Phi) is 6.77. The molecule has 3 aromatic rings. The maximum atomic E-state index is 13.4. The van der Waals surface area contributed by atoms with E-state index in [1.165, 1.54) is 11.3 Å².